The molecule has 0 bridgehead atoms. The van der Waals surface area contributed by atoms with Gasteiger partial charge in [0, 0.05) is 44.7 Å². The van der Waals surface area contributed by atoms with E-state index in [-0.39, 0.29) is 43.7 Å². The van der Waals surface area contributed by atoms with Gasteiger partial charge in [0.05, 0.1) is 5.92 Å². The quantitative estimate of drug-likeness (QED) is 0.495. The molecule has 9 heteroatoms. The van der Waals surface area contributed by atoms with Gasteiger partial charge in [0.2, 0.25) is 17.7 Å². The number of para-hydroxylation sites is 1. The van der Waals surface area contributed by atoms with Crippen LogP contribution in [0.2, 0.25) is 0 Å². The van der Waals surface area contributed by atoms with Crippen LogP contribution in [0.15, 0.2) is 54.6 Å². The van der Waals surface area contributed by atoms with Gasteiger partial charge in [-0.25, -0.2) is 4.79 Å². The van der Waals surface area contributed by atoms with Crippen molar-refractivity contribution in [1.82, 2.24) is 15.5 Å². The van der Waals surface area contributed by atoms with Gasteiger partial charge in [-0.15, -0.1) is 0 Å². The summed E-state index contributed by atoms with van der Waals surface area (Å²) in [4.78, 5) is 51.0. The Morgan fingerprint density at radius 1 is 1.00 bits per heavy atom. The van der Waals surface area contributed by atoms with Crippen LogP contribution in [0.5, 0.6) is 0 Å². The normalized spacial score (nSPS) is 15.4. The van der Waals surface area contributed by atoms with E-state index in [0.717, 1.165) is 11.1 Å². The second kappa shape index (κ2) is 12.2. The Balaban J connectivity index is 1.47. The number of benzene rings is 2. The Labute approximate surface area is 211 Å². The summed E-state index contributed by atoms with van der Waals surface area (Å²) in [7, 11) is 0. The predicted octanol–water partition coefficient (Wildman–Crippen LogP) is 3.20. The lowest BCUT2D eigenvalue weighted by atomic mass is 10.1. The number of nitrogens with one attached hydrogen (secondary N) is 3. The fourth-order valence-corrected chi connectivity index (χ4v) is 3.81. The molecule has 1 fully saturated rings. The van der Waals surface area contributed by atoms with E-state index >= 15 is 0 Å². The number of ether oxygens (including phenoxy) is 1. The van der Waals surface area contributed by atoms with Gasteiger partial charge in [0.25, 0.3) is 0 Å². The molecule has 1 unspecified atom stereocenters. The van der Waals surface area contributed by atoms with Crippen molar-refractivity contribution < 1.29 is 23.9 Å². The Bertz CT molecular complexity index is 1080. The Morgan fingerprint density at radius 2 is 1.69 bits per heavy atom. The minimum Gasteiger partial charge on any atom is -0.444 e. The summed E-state index contributed by atoms with van der Waals surface area (Å²) >= 11 is 0. The van der Waals surface area contributed by atoms with E-state index in [1.54, 1.807) is 37.8 Å². The first-order valence-electron chi connectivity index (χ1n) is 12.0. The molecule has 3 rings (SSSR count). The van der Waals surface area contributed by atoms with Gasteiger partial charge in [-0.1, -0.05) is 48.5 Å². The van der Waals surface area contributed by atoms with Crippen LogP contribution in [0, 0.1) is 5.92 Å². The molecule has 1 heterocycles. The van der Waals surface area contributed by atoms with Crippen molar-refractivity contribution in [2.45, 2.75) is 52.3 Å². The number of nitrogens with zero attached hydrogens (tertiary/aromatic N) is 1. The molecular formula is C27H34N4O5. The van der Waals surface area contributed by atoms with E-state index < -0.39 is 17.6 Å². The number of rotatable bonds is 9. The average Bonchev–Trinajstić information content (AvgIpc) is 3.18. The lowest BCUT2D eigenvalue weighted by molar-refractivity contribution is -0.128. The third-order valence-corrected chi connectivity index (χ3v) is 5.57. The van der Waals surface area contributed by atoms with Gasteiger partial charge in [0.15, 0.2) is 0 Å². The monoisotopic (exact) mass is 494 g/mol. The highest BCUT2D eigenvalue weighted by Gasteiger charge is 2.34. The van der Waals surface area contributed by atoms with Gasteiger partial charge in [-0.3, -0.25) is 14.4 Å². The van der Waals surface area contributed by atoms with Crippen LogP contribution in [-0.2, 0) is 32.2 Å². The SMILES string of the molecule is CC(C)(C)OC(=O)NCCC(=O)NCc1ccccc1NC(=O)C1CC(=O)N(Cc2ccccc2)C1. The molecule has 1 aliphatic rings. The summed E-state index contributed by atoms with van der Waals surface area (Å²) in [6, 6.07) is 16.9. The lowest BCUT2D eigenvalue weighted by Gasteiger charge is -2.19. The van der Waals surface area contributed by atoms with Crippen LogP contribution in [0.25, 0.3) is 0 Å². The summed E-state index contributed by atoms with van der Waals surface area (Å²) in [6.45, 7) is 6.50. The third kappa shape index (κ3) is 8.41. The molecule has 2 aromatic rings. The van der Waals surface area contributed by atoms with Crippen molar-refractivity contribution in [2.24, 2.45) is 5.92 Å². The van der Waals surface area contributed by atoms with E-state index in [1.165, 1.54) is 0 Å². The highest BCUT2D eigenvalue weighted by Crippen LogP contribution is 2.23. The molecule has 36 heavy (non-hydrogen) atoms. The average molecular weight is 495 g/mol. The Morgan fingerprint density at radius 3 is 2.42 bits per heavy atom. The van der Waals surface area contributed by atoms with Crippen molar-refractivity contribution in [2.75, 3.05) is 18.4 Å². The molecule has 0 aliphatic carbocycles. The van der Waals surface area contributed by atoms with E-state index in [0.29, 0.717) is 18.8 Å². The molecule has 1 saturated heterocycles. The van der Waals surface area contributed by atoms with Crippen molar-refractivity contribution in [3.05, 3.63) is 65.7 Å². The number of hydrogen-bond donors (Lipinski definition) is 3. The first kappa shape index (κ1) is 26.7. The molecule has 2 aromatic carbocycles. The lowest BCUT2D eigenvalue weighted by Crippen LogP contribution is -2.35. The summed E-state index contributed by atoms with van der Waals surface area (Å²) in [6.07, 6.45) is -0.312. The summed E-state index contributed by atoms with van der Waals surface area (Å²) in [5.41, 5.74) is 1.75. The molecule has 9 nitrogen and oxygen atoms in total. The van der Waals surface area contributed by atoms with Crippen molar-refractivity contribution in [1.29, 1.82) is 0 Å². The van der Waals surface area contributed by atoms with Gasteiger partial charge in [0.1, 0.15) is 5.60 Å². The molecule has 3 N–H and O–H groups in total. The number of likely N-dealkylation sites (tertiary alicyclic amines) is 1. The van der Waals surface area contributed by atoms with E-state index in [2.05, 4.69) is 16.0 Å². The molecule has 0 aromatic heterocycles. The zero-order valence-electron chi connectivity index (χ0n) is 21.0. The van der Waals surface area contributed by atoms with E-state index in [1.807, 2.05) is 42.5 Å². The Hall–Kier alpha value is -3.88. The zero-order chi connectivity index (χ0) is 26.1. The molecular weight excluding hydrogens is 460 g/mol. The highest BCUT2D eigenvalue weighted by atomic mass is 16.6. The minimum absolute atomic E-state index is 0.0421. The predicted molar refractivity (Wildman–Crippen MR) is 136 cm³/mol. The van der Waals surface area contributed by atoms with Crippen LogP contribution in [0.4, 0.5) is 10.5 Å². The molecule has 1 aliphatic heterocycles. The molecule has 0 saturated carbocycles. The van der Waals surface area contributed by atoms with Crippen molar-refractivity contribution in [3.63, 3.8) is 0 Å². The van der Waals surface area contributed by atoms with Gasteiger partial charge in [-0.05, 0) is 38.0 Å². The van der Waals surface area contributed by atoms with Gasteiger partial charge < -0.3 is 25.6 Å². The number of hydrogen-bond acceptors (Lipinski definition) is 5. The largest absolute Gasteiger partial charge is 0.444 e. The van der Waals surface area contributed by atoms with Gasteiger partial charge in [-0.2, -0.15) is 0 Å². The van der Waals surface area contributed by atoms with Crippen LogP contribution in [0.3, 0.4) is 0 Å². The molecule has 1 atom stereocenters. The zero-order valence-corrected chi connectivity index (χ0v) is 21.0. The summed E-state index contributed by atoms with van der Waals surface area (Å²) in [5, 5.41) is 8.27. The second-order valence-corrected chi connectivity index (χ2v) is 9.76. The summed E-state index contributed by atoms with van der Waals surface area (Å²) < 4.78 is 5.14. The van der Waals surface area contributed by atoms with Gasteiger partial charge >= 0.3 is 6.09 Å². The number of carbonyl (C=O) groups is 4. The summed E-state index contributed by atoms with van der Waals surface area (Å²) in [5.74, 6) is -0.952. The highest BCUT2D eigenvalue weighted by molar-refractivity contribution is 5.97. The fourth-order valence-electron chi connectivity index (χ4n) is 3.81. The van der Waals surface area contributed by atoms with E-state index in [9.17, 15) is 19.2 Å². The Kier molecular flexibility index (Phi) is 9.05. The number of amides is 4. The molecule has 0 spiro atoms. The minimum atomic E-state index is -0.605. The van der Waals surface area contributed by atoms with Crippen LogP contribution >= 0.6 is 0 Å². The van der Waals surface area contributed by atoms with Crippen molar-refractivity contribution >= 4 is 29.5 Å². The number of carbonyl (C=O) groups excluding carboxylic acids is 4. The van der Waals surface area contributed by atoms with Crippen LogP contribution < -0.4 is 16.0 Å². The maximum absolute atomic E-state index is 12.9. The molecule has 192 valence electrons. The van der Waals surface area contributed by atoms with Crippen LogP contribution in [0.1, 0.15) is 44.7 Å². The fraction of sp³-hybridized carbons (Fsp3) is 0.407. The molecule has 0 radical (unpaired) electrons. The third-order valence-electron chi connectivity index (χ3n) is 5.57. The maximum atomic E-state index is 12.9. The smallest absolute Gasteiger partial charge is 0.407 e. The number of anilines is 1. The van der Waals surface area contributed by atoms with Crippen LogP contribution in [-0.4, -0.2) is 47.4 Å². The number of alkyl carbamates (subject to hydrolysis) is 1. The molecule has 4 amide bonds. The first-order valence-corrected chi connectivity index (χ1v) is 12.0. The topological polar surface area (TPSA) is 117 Å². The van der Waals surface area contributed by atoms with E-state index in [4.69, 9.17) is 4.74 Å². The standard InChI is InChI=1S/C27H34N4O5/c1-27(2,3)36-26(35)28-14-13-23(32)29-16-20-11-7-8-12-22(20)30-25(34)21-15-24(33)31(18-21)17-19-9-5-4-6-10-19/h4-12,21H,13-18H2,1-3H3,(H,28,35)(H,29,32)(H,30,34). The maximum Gasteiger partial charge on any atom is 0.407 e. The van der Waals surface area contributed by atoms with Crippen molar-refractivity contribution in [3.8, 4) is 0 Å². The second-order valence-electron chi connectivity index (χ2n) is 9.76. The first-order chi connectivity index (χ1) is 17.1.